The van der Waals surface area contributed by atoms with Gasteiger partial charge in [-0.3, -0.25) is 0 Å². The van der Waals surface area contributed by atoms with Crippen molar-refractivity contribution in [2.75, 3.05) is 39.3 Å². The number of likely N-dealkylation sites (tertiary alicyclic amines) is 1. The third-order valence-electron chi connectivity index (χ3n) is 4.35. The first-order chi connectivity index (χ1) is 9.96. The Morgan fingerprint density at radius 1 is 1.38 bits per heavy atom. The van der Waals surface area contributed by atoms with Gasteiger partial charge in [0.1, 0.15) is 0 Å². The standard InChI is InChI=1S/C16H33N3O2/c1-4-19-10-5-7-14(12-19)11-18-15(21)17-9-6-8-16(2,3)13-20/h14,20H,4-13H2,1-3H3,(H2,17,18,21). The van der Waals surface area contributed by atoms with E-state index in [1.54, 1.807) is 0 Å². The van der Waals surface area contributed by atoms with E-state index in [9.17, 15) is 4.79 Å². The van der Waals surface area contributed by atoms with Crippen LogP contribution in [0.15, 0.2) is 0 Å². The summed E-state index contributed by atoms with van der Waals surface area (Å²) in [4.78, 5) is 14.2. The lowest BCUT2D eigenvalue weighted by molar-refractivity contribution is 0.148. The van der Waals surface area contributed by atoms with Crippen LogP contribution in [-0.4, -0.2) is 55.4 Å². The number of rotatable bonds is 8. The van der Waals surface area contributed by atoms with Gasteiger partial charge in [0.15, 0.2) is 0 Å². The van der Waals surface area contributed by atoms with Crippen molar-refractivity contribution in [3.63, 3.8) is 0 Å². The van der Waals surface area contributed by atoms with Gasteiger partial charge in [0.25, 0.3) is 0 Å². The molecule has 1 atom stereocenters. The highest BCUT2D eigenvalue weighted by molar-refractivity contribution is 5.73. The van der Waals surface area contributed by atoms with Crippen molar-refractivity contribution in [1.29, 1.82) is 0 Å². The van der Waals surface area contributed by atoms with Gasteiger partial charge in [-0.15, -0.1) is 0 Å². The zero-order chi connectivity index (χ0) is 15.7. The molecule has 1 rings (SSSR count). The van der Waals surface area contributed by atoms with Crippen molar-refractivity contribution in [3.8, 4) is 0 Å². The average molecular weight is 299 g/mol. The molecule has 0 aromatic carbocycles. The van der Waals surface area contributed by atoms with Gasteiger partial charge in [0.2, 0.25) is 0 Å². The lowest BCUT2D eigenvalue weighted by Gasteiger charge is -2.31. The number of urea groups is 1. The summed E-state index contributed by atoms with van der Waals surface area (Å²) in [5.74, 6) is 0.581. The largest absolute Gasteiger partial charge is 0.396 e. The summed E-state index contributed by atoms with van der Waals surface area (Å²) in [6.45, 7) is 11.3. The van der Waals surface area contributed by atoms with Crippen LogP contribution in [0, 0.1) is 11.3 Å². The number of nitrogens with zero attached hydrogens (tertiary/aromatic N) is 1. The van der Waals surface area contributed by atoms with Gasteiger partial charge in [0.05, 0.1) is 0 Å². The predicted molar refractivity (Wildman–Crippen MR) is 86.3 cm³/mol. The Morgan fingerprint density at radius 2 is 2.14 bits per heavy atom. The smallest absolute Gasteiger partial charge is 0.314 e. The van der Waals surface area contributed by atoms with Crippen LogP contribution in [0.3, 0.4) is 0 Å². The molecule has 21 heavy (non-hydrogen) atoms. The SMILES string of the molecule is CCN1CCCC(CNC(=O)NCCCC(C)(C)CO)C1. The number of aliphatic hydroxyl groups is 1. The van der Waals surface area contributed by atoms with Gasteiger partial charge in [-0.25, -0.2) is 4.79 Å². The van der Waals surface area contributed by atoms with Crippen molar-refractivity contribution < 1.29 is 9.90 Å². The van der Waals surface area contributed by atoms with Gasteiger partial charge in [-0.2, -0.15) is 0 Å². The molecule has 3 N–H and O–H groups in total. The predicted octanol–water partition coefficient (Wildman–Crippen LogP) is 1.82. The average Bonchev–Trinajstić information content (AvgIpc) is 2.50. The second-order valence-electron chi connectivity index (χ2n) is 6.96. The molecule has 5 nitrogen and oxygen atoms in total. The van der Waals surface area contributed by atoms with Crippen molar-refractivity contribution in [2.45, 2.75) is 46.5 Å². The Bertz CT molecular complexity index is 308. The summed E-state index contributed by atoms with van der Waals surface area (Å²) >= 11 is 0. The Kier molecular flexibility index (Phi) is 8.04. The van der Waals surface area contributed by atoms with E-state index in [1.165, 1.54) is 19.4 Å². The van der Waals surface area contributed by atoms with Crippen LogP contribution in [0.5, 0.6) is 0 Å². The molecule has 0 aromatic heterocycles. The third kappa shape index (κ3) is 7.67. The summed E-state index contributed by atoms with van der Waals surface area (Å²) in [6, 6.07) is -0.0644. The number of aliphatic hydroxyl groups excluding tert-OH is 1. The van der Waals surface area contributed by atoms with E-state index in [4.69, 9.17) is 5.11 Å². The molecule has 0 aliphatic carbocycles. The van der Waals surface area contributed by atoms with Crippen molar-refractivity contribution >= 4 is 6.03 Å². The molecule has 5 heteroatoms. The Morgan fingerprint density at radius 3 is 2.81 bits per heavy atom. The summed E-state index contributed by atoms with van der Waals surface area (Å²) in [6.07, 6.45) is 4.26. The number of piperidine rings is 1. The van der Waals surface area contributed by atoms with E-state index in [1.807, 2.05) is 13.8 Å². The maximum Gasteiger partial charge on any atom is 0.314 e. The Balaban J connectivity index is 2.08. The maximum atomic E-state index is 11.7. The summed E-state index contributed by atoms with van der Waals surface area (Å²) < 4.78 is 0. The van der Waals surface area contributed by atoms with E-state index in [0.29, 0.717) is 12.5 Å². The molecule has 1 fully saturated rings. The second kappa shape index (κ2) is 9.26. The maximum absolute atomic E-state index is 11.7. The molecular weight excluding hydrogens is 266 g/mol. The highest BCUT2D eigenvalue weighted by Crippen LogP contribution is 2.20. The van der Waals surface area contributed by atoms with Crippen LogP contribution in [0.25, 0.3) is 0 Å². The number of hydrogen-bond acceptors (Lipinski definition) is 3. The first-order valence-electron chi connectivity index (χ1n) is 8.32. The minimum absolute atomic E-state index is 0.0517. The number of amides is 2. The highest BCUT2D eigenvalue weighted by Gasteiger charge is 2.19. The Labute approximate surface area is 129 Å². The van der Waals surface area contributed by atoms with E-state index in [2.05, 4.69) is 22.5 Å². The van der Waals surface area contributed by atoms with E-state index < -0.39 is 0 Å². The fourth-order valence-corrected chi connectivity index (χ4v) is 2.75. The minimum Gasteiger partial charge on any atom is -0.396 e. The molecule has 0 radical (unpaired) electrons. The highest BCUT2D eigenvalue weighted by atomic mass is 16.3. The lowest BCUT2D eigenvalue weighted by Crippen LogP contribution is -2.43. The van der Waals surface area contributed by atoms with Gasteiger partial charge in [-0.1, -0.05) is 20.8 Å². The molecule has 2 amide bonds. The zero-order valence-electron chi connectivity index (χ0n) is 14.0. The van der Waals surface area contributed by atoms with Crippen LogP contribution < -0.4 is 10.6 Å². The molecule has 0 bridgehead atoms. The van der Waals surface area contributed by atoms with Crippen molar-refractivity contribution in [1.82, 2.24) is 15.5 Å². The fraction of sp³-hybridized carbons (Fsp3) is 0.938. The summed E-state index contributed by atoms with van der Waals surface area (Å²) in [5, 5.41) is 15.1. The summed E-state index contributed by atoms with van der Waals surface area (Å²) in [7, 11) is 0. The number of carbonyl (C=O) groups is 1. The lowest BCUT2D eigenvalue weighted by atomic mass is 9.89. The number of nitrogens with one attached hydrogen (secondary N) is 2. The van der Waals surface area contributed by atoms with Crippen LogP contribution in [0.1, 0.15) is 46.5 Å². The summed E-state index contributed by atoms with van der Waals surface area (Å²) in [5.41, 5.74) is -0.0517. The zero-order valence-corrected chi connectivity index (χ0v) is 14.0. The third-order valence-corrected chi connectivity index (χ3v) is 4.35. The molecule has 0 aromatic rings. The molecule has 0 spiro atoms. The Hall–Kier alpha value is -0.810. The van der Waals surface area contributed by atoms with E-state index in [0.717, 1.165) is 32.5 Å². The topological polar surface area (TPSA) is 64.6 Å². The molecule has 124 valence electrons. The van der Waals surface area contributed by atoms with Crippen molar-refractivity contribution in [2.24, 2.45) is 11.3 Å². The molecule has 0 saturated carbocycles. The van der Waals surface area contributed by atoms with Crippen LogP contribution in [-0.2, 0) is 0 Å². The number of hydrogen-bond donors (Lipinski definition) is 3. The fourth-order valence-electron chi connectivity index (χ4n) is 2.75. The molecule has 1 heterocycles. The van der Waals surface area contributed by atoms with Crippen LogP contribution >= 0.6 is 0 Å². The normalized spacial score (nSPS) is 20.3. The molecule has 1 aliphatic rings. The van der Waals surface area contributed by atoms with Gasteiger partial charge >= 0.3 is 6.03 Å². The quantitative estimate of drug-likeness (QED) is 0.599. The first kappa shape index (κ1) is 18.2. The van der Waals surface area contributed by atoms with Crippen molar-refractivity contribution in [3.05, 3.63) is 0 Å². The first-order valence-corrected chi connectivity index (χ1v) is 8.32. The molecule has 1 unspecified atom stereocenters. The van der Waals surface area contributed by atoms with Gasteiger partial charge < -0.3 is 20.6 Å². The van der Waals surface area contributed by atoms with E-state index >= 15 is 0 Å². The van der Waals surface area contributed by atoms with E-state index in [-0.39, 0.29) is 18.1 Å². The van der Waals surface area contributed by atoms with Crippen LogP contribution in [0.4, 0.5) is 4.79 Å². The number of carbonyl (C=O) groups excluding carboxylic acids is 1. The van der Waals surface area contributed by atoms with Gasteiger partial charge in [0, 0.05) is 26.2 Å². The van der Waals surface area contributed by atoms with Crippen LogP contribution in [0.2, 0.25) is 0 Å². The monoisotopic (exact) mass is 299 g/mol. The second-order valence-corrected chi connectivity index (χ2v) is 6.96. The molecule has 1 aliphatic heterocycles. The molecular formula is C16H33N3O2. The minimum atomic E-state index is -0.0644. The van der Waals surface area contributed by atoms with Gasteiger partial charge in [-0.05, 0) is 50.1 Å². The molecule has 1 saturated heterocycles.